The minimum absolute atomic E-state index is 0.0228. The molecule has 14 nitrogen and oxygen atoms in total. The topological polar surface area (TPSA) is 170 Å². The van der Waals surface area contributed by atoms with E-state index in [9.17, 15) is 26.4 Å². The first kappa shape index (κ1) is 39.7. The number of carbonyl (C=O) groups is 2. The summed E-state index contributed by atoms with van der Waals surface area (Å²) in [5.74, 6) is -0.276. The maximum Gasteiger partial charge on any atom is 0.285 e. The van der Waals surface area contributed by atoms with Gasteiger partial charge in [0.25, 0.3) is 31.9 Å². The number of aromatic nitrogens is 1. The number of nitrogens with one attached hydrogen (secondary N) is 3. The molecule has 4 aliphatic heterocycles. The summed E-state index contributed by atoms with van der Waals surface area (Å²) in [4.78, 5) is 32.3. The van der Waals surface area contributed by atoms with E-state index in [0.29, 0.717) is 36.4 Å². The van der Waals surface area contributed by atoms with Crippen LogP contribution >= 0.6 is 0 Å². The number of likely N-dealkylation sites (N-methyl/N-ethyl adjacent to an activating group) is 1. The number of benzene rings is 3. The molecule has 0 atom stereocenters. The lowest BCUT2D eigenvalue weighted by Gasteiger charge is -2.27. The molecule has 5 heterocycles. The number of morpholine rings is 1. The van der Waals surface area contributed by atoms with Crippen molar-refractivity contribution in [2.24, 2.45) is 0 Å². The van der Waals surface area contributed by atoms with Crippen molar-refractivity contribution in [3.05, 3.63) is 131 Å². The van der Waals surface area contributed by atoms with Crippen LogP contribution < -0.4 is 20.9 Å². The Labute approximate surface area is 333 Å². The van der Waals surface area contributed by atoms with E-state index in [-0.39, 0.29) is 27.7 Å². The van der Waals surface area contributed by atoms with Gasteiger partial charge in [0.15, 0.2) is 0 Å². The molecule has 0 bridgehead atoms. The van der Waals surface area contributed by atoms with Gasteiger partial charge in [-0.25, -0.2) is 30.4 Å². The zero-order chi connectivity index (χ0) is 40.2. The average molecular weight is 812 g/mol. The van der Waals surface area contributed by atoms with Crippen molar-refractivity contribution in [3.63, 3.8) is 0 Å². The van der Waals surface area contributed by atoms with Crippen molar-refractivity contribution < 1.29 is 31.2 Å². The van der Waals surface area contributed by atoms with Crippen molar-refractivity contribution in [2.45, 2.75) is 32.7 Å². The van der Waals surface area contributed by atoms with Crippen LogP contribution in [0.2, 0.25) is 0 Å². The summed E-state index contributed by atoms with van der Waals surface area (Å²) in [6, 6.07) is 27.0. The highest BCUT2D eigenvalue weighted by molar-refractivity contribution is 8.00. The largest absolute Gasteiger partial charge is 0.378 e. The van der Waals surface area contributed by atoms with Gasteiger partial charge in [0.2, 0.25) is 0 Å². The third-order valence-electron chi connectivity index (χ3n) is 10.1. The van der Waals surface area contributed by atoms with Crippen molar-refractivity contribution >= 4 is 58.9 Å². The second kappa shape index (κ2) is 16.9. The van der Waals surface area contributed by atoms with Crippen LogP contribution in [-0.2, 0) is 47.3 Å². The van der Waals surface area contributed by atoms with Gasteiger partial charge < -0.3 is 25.6 Å². The quantitative estimate of drug-likeness (QED) is 0.204. The highest BCUT2D eigenvalue weighted by atomic mass is 32.2. The molecule has 298 valence electrons. The number of nitrogens with zero attached hydrogens (tertiary/aromatic N) is 4. The van der Waals surface area contributed by atoms with Crippen molar-refractivity contribution in [1.29, 1.82) is 0 Å². The fourth-order valence-electron chi connectivity index (χ4n) is 6.99. The second-order valence-corrected chi connectivity index (χ2v) is 17.5. The van der Waals surface area contributed by atoms with E-state index < -0.39 is 31.9 Å². The molecule has 0 aliphatic carbocycles. The van der Waals surface area contributed by atoms with E-state index in [0.717, 1.165) is 59.1 Å². The molecule has 3 aromatic carbocycles. The first-order chi connectivity index (χ1) is 27.5. The van der Waals surface area contributed by atoms with Crippen molar-refractivity contribution in [2.75, 3.05) is 62.0 Å². The third-order valence-corrected chi connectivity index (χ3v) is 13.8. The Kier molecular flexibility index (Phi) is 11.8. The molecule has 1 aromatic heterocycles. The molecular weight excluding hydrogens is 767 g/mol. The summed E-state index contributed by atoms with van der Waals surface area (Å²) in [6.45, 7) is 6.75. The summed E-state index contributed by atoms with van der Waals surface area (Å²) < 4.78 is 59.1. The van der Waals surface area contributed by atoms with Gasteiger partial charge in [-0.15, -0.1) is 0 Å². The molecule has 3 N–H and O–H groups in total. The zero-order valence-electron chi connectivity index (χ0n) is 31.8. The first-order valence-electron chi connectivity index (χ1n) is 18.9. The second-order valence-electron chi connectivity index (χ2n) is 13.8. The fraction of sp³-hybridized carbons (Fsp3) is 0.293. The number of unbranched alkanes of at least 4 members (excludes halogenated alkanes) is 1. The molecule has 1 saturated heterocycles. The molecule has 4 aliphatic rings. The maximum atomic E-state index is 13.2. The molecule has 1 fully saturated rings. The number of amides is 2. The minimum atomic E-state index is -3.90. The Bertz CT molecular complexity index is 2420. The minimum Gasteiger partial charge on any atom is -0.378 e. The van der Waals surface area contributed by atoms with Gasteiger partial charge in [-0.05, 0) is 65.9 Å². The summed E-state index contributed by atoms with van der Waals surface area (Å²) >= 11 is 0. The van der Waals surface area contributed by atoms with Crippen LogP contribution in [0.15, 0.2) is 109 Å². The molecule has 16 heteroatoms. The number of ether oxygens (including phenoxy) is 1. The average Bonchev–Trinajstić information content (AvgIpc) is 3.53. The highest BCUT2D eigenvalue weighted by Crippen LogP contribution is 2.37. The first-order valence-corrected chi connectivity index (χ1v) is 21.7. The molecule has 0 spiro atoms. The number of sulfonamides is 2. The van der Waals surface area contributed by atoms with Gasteiger partial charge in [-0.1, -0.05) is 80.1 Å². The molecule has 4 aromatic rings. The molecular formula is C41H45N7O7S2. The molecule has 57 heavy (non-hydrogen) atoms. The summed E-state index contributed by atoms with van der Waals surface area (Å²) in [6.07, 6.45) is 3.94. The monoisotopic (exact) mass is 811 g/mol. The molecule has 0 saturated carbocycles. The molecule has 0 unspecified atom stereocenters. The molecule has 0 radical (unpaired) electrons. The summed E-state index contributed by atoms with van der Waals surface area (Å²) in [7, 11) is -6.54. The van der Waals surface area contributed by atoms with Crippen LogP contribution in [0.1, 0.15) is 42.0 Å². The lowest BCUT2D eigenvalue weighted by atomic mass is 10.0. The smallest absolute Gasteiger partial charge is 0.285 e. The van der Waals surface area contributed by atoms with Crippen molar-refractivity contribution in [1.82, 2.24) is 18.9 Å². The number of carbonyl (C=O) groups excluding carboxylic acids is 2. The van der Waals surface area contributed by atoms with Gasteiger partial charge >= 0.3 is 0 Å². The number of fused-ring (bicyclic) bond motifs is 1. The Hall–Kier alpha value is -5.55. The number of hydrogen-bond donors (Lipinski definition) is 3. The van der Waals surface area contributed by atoms with E-state index in [2.05, 4.69) is 25.8 Å². The van der Waals surface area contributed by atoms with Gasteiger partial charge in [-0.3, -0.25) is 9.59 Å². The third kappa shape index (κ3) is 8.16. The van der Waals surface area contributed by atoms with E-state index in [1.807, 2.05) is 37.3 Å². The Morgan fingerprint density at radius 3 is 2.00 bits per heavy atom. The maximum absolute atomic E-state index is 13.2. The normalized spacial score (nSPS) is 18.7. The van der Waals surface area contributed by atoms with Gasteiger partial charge in [0.05, 0.1) is 25.1 Å². The van der Waals surface area contributed by atoms with Gasteiger partial charge in [0.1, 0.15) is 27.0 Å². The van der Waals surface area contributed by atoms with Gasteiger partial charge in [0, 0.05) is 38.9 Å². The van der Waals surface area contributed by atoms with Crippen molar-refractivity contribution in [3.8, 4) is 0 Å². The number of pyridine rings is 1. The predicted octanol–water partition coefficient (Wildman–Crippen LogP) is 4.59. The lowest BCUT2D eigenvalue weighted by molar-refractivity contribution is -0.122. The zero-order valence-corrected chi connectivity index (χ0v) is 33.4. The Balaban J connectivity index is 0.000000174. The van der Waals surface area contributed by atoms with Crippen LogP contribution in [-0.4, -0.2) is 88.7 Å². The SMILES string of the molecule is CCCCN1C(=O)C(Nc2ccc3c(c2)CCNC3)=C(c2ccccc2)S1(=O)=O.CN1C(=O)C(Nc2ccc(N3CCOCC3)nc2)=C(c2ccccc2)S1(=O)=O. The predicted molar refractivity (Wildman–Crippen MR) is 220 cm³/mol. The van der Waals surface area contributed by atoms with Crippen LogP contribution in [0, 0.1) is 0 Å². The standard InChI is InChI=1S/C22H25N3O3S.C19H20N4O4S/c1-2-3-13-25-22(26)20(21(29(25,27)28)16-7-5-4-6-8-16)24-19-10-9-18-15-23-12-11-17(18)14-19;1-22-19(24)17(18(28(22,25)26)14-5-3-2-4-6-14)21-15-7-8-16(20-13-15)23-9-11-27-12-10-23/h4-10,14,23-24H,2-3,11-13,15H2,1H3;2-8,13,21H,9-12H2,1H3. The Morgan fingerprint density at radius 2 is 1.37 bits per heavy atom. The number of hydrogen-bond acceptors (Lipinski definition) is 12. The van der Waals surface area contributed by atoms with Crippen LogP contribution in [0.3, 0.4) is 0 Å². The van der Waals surface area contributed by atoms with E-state index in [4.69, 9.17) is 4.74 Å². The molecule has 8 rings (SSSR count). The van der Waals surface area contributed by atoms with Crippen LogP contribution in [0.5, 0.6) is 0 Å². The van der Waals surface area contributed by atoms with E-state index in [1.165, 1.54) is 18.2 Å². The van der Waals surface area contributed by atoms with Crippen LogP contribution in [0.4, 0.5) is 17.2 Å². The van der Waals surface area contributed by atoms with Crippen LogP contribution in [0.25, 0.3) is 9.81 Å². The lowest BCUT2D eigenvalue weighted by Crippen LogP contribution is -2.36. The molecule has 2 amide bonds. The number of anilines is 3. The fourth-order valence-corrected chi connectivity index (χ4v) is 10.1. The number of rotatable bonds is 10. The van der Waals surface area contributed by atoms with E-state index >= 15 is 0 Å². The van der Waals surface area contributed by atoms with Gasteiger partial charge in [-0.2, -0.15) is 0 Å². The highest BCUT2D eigenvalue weighted by Gasteiger charge is 2.44. The summed E-state index contributed by atoms with van der Waals surface area (Å²) in [5, 5.41) is 9.43. The Morgan fingerprint density at radius 1 is 0.754 bits per heavy atom. The summed E-state index contributed by atoms with van der Waals surface area (Å²) in [5.41, 5.74) is 4.84. The van der Waals surface area contributed by atoms with E-state index in [1.54, 1.807) is 66.9 Å².